The number of hydrogen-bond donors (Lipinski definition) is 2. The molecule has 0 radical (unpaired) electrons. The molecule has 0 aliphatic heterocycles. The van der Waals surface area contributed by atoms with Crippen LogP contribution in [-0.4, -0.2) is 17.7 Å². The van der Waals surface area contributed by atoms with E-state index in [1.54, 1.807) is 0 Å². The Bertz CT molecular complexity index is 555. The van der Waals surface area contributed by atoms with Crippen molar-refractivity contribution in [2.24, 2.45) is 11.5 Å². The maximum absolute atomic E-state index is 5.65. The second-order valence-corrected chi connectivity index (χ2v) is 5.36. The van der Waals surface area contributed by atoms with Gasteiger partial charge < -0.3 is 16.0 Å². The molecule has 0 spiro atoms. The summed E-state index contributed by atoms with van der Waals surface area (Å²) in [6, 6.07) is 4.55. The molecule has 1 aromatic carbocycles. The third-order valence-corrected chi connectivity index (χ3v) is 3.65. The van der Waals surface area contributed by atoms with E-state index in [0.717, 1.165) is 38.9 Å². The number of nitrogens with zero attached hydrogens (tertiary/aromatic N) is 1. The van der Waals surface area contributed by atoms with E-state index < -0.39 is 0 Å². The molecule has 0 aliphatic carbocycles. The highest BCUT2D eigenvalue weighted by molar-refractivity contribution is 5.88. The minimum absolute atomic E-state index is 0.739. The van der Waals surface area contributed by atoms with Gasteiger partial charge in [0.25, 0.3) is 0 Å². The second-order valence-electron chi connectivity index (χ2n) is 5.36. The molecule has 1 heterocycles. The predicted octanol–water partition coefficient (Wildman–Crippen LogP) is 2.50. The minimum atomic E-state index is 0.739. The van der Waals surface area contributed by atoms with Crippen molar-refractivity contribution in [2.75, 3.05) is 13.1 Å². The summed E-state index contributed by atoms with van der Waals surface area (Å²) in [6.07, 6.45) is 5.42. The van der Waals surface area contributed by atoms with Gasteiger partial charge in [-0.1, -0.05) is 6.07 Å². The zero-order valence-electron chi connectivity index (χ0n) is 12.1. The van der Waals surface area contributed by atoms with E-state index in [2.05, 4.69) is 36.7 Å². The SMILES string of the molecule is Cc1cc(C)c2c(CCCN)cn(CCCN)c2c1. The summed E-state index contributed by atoms with van der Waals surface area (Å²) in [5.74, 6) is 0. The van der Waals surface area contributed by atoms with Crippen molar-refractivity contribution in [3.63, 3.8) is 0 Å². The summed E-state index contributed by atoms with van der Waals surface area (Å²) in [5, 5.41) is 1.41. The van der Waals surface area contributed by atoms with Crippen LogP contribution in [0.15, 0.2) is 18.3 Å². The van der Waals surface area contributed by atoms with E-state index in [9.17, 15) is 0 Å². The monoisotopic (exact) mass is 259 g/mol. The van der Waals surface area contributed by atoms with Crippen LogP contribution in [0.3, 0.4) is 0 Å². The molecule has 0 bridgehead atoms. The highest BCUT2D eigenvalue weighted by Crippen LogP contribution is 2.27. The highest BCUT2D eigenvalue weighted by Gasteiger charge is 2.11. The Morgan fingerprint density at radius 2 is 1.79 bits per heavy atom. The average Bonchev–Trinajstić information content (AvgIpc) is 2.72. The van der Waals surface area contributed by atoms with Gasteiger partial charge in [0.2, 0.25) is 0 Å². The molecular formula is C16H25N3. The van der Waals surface area contributed by atoms with E-state index in [-0.39, 0.29) is 0 Å². The Labute approximate surface area is 115 Å². The smallest absolute Gasteiger partial charge is 0.0488 e. The normalized spacial score (nSPS) is 11.4. The molecule has 1 aromatic heterocycles. The van der Waals surface area contributed by atoms with E-state index >= 15 is 0 Å². The Morgan fingerprint density at radius 1 is 1.05 bits per heavy atom. The summed E-state index contributed by atoms with van der Waals surface area (Å²) in [7, 11) is 0. The Hall–Kier alpha value is -1.32. The first-order valence-electron chi connectivity index (χ1n) is 7.16. The van der Waals surface area contributed by atoms with E-state index in [0.29, 0.717) is 0 Å². The van der Waals surface area contributed by atoms with Crippen molar-refractivity contribution in [2.45, 2.75) is 39.7 Å². The number of rotatable bonds is 6. The van der Waals surface area contributed by atoms with Crippen molar-refractivity contribution in [1.29, 1.82) is 0 Å². The third kappa shape index (κ3) is 2.99. The lowest BCUT2D eigenvalue weighted by molar-refractivity contribution is 0.667. The zero-order chi connectivity index (χ0) is 13.8. The van der Waals surface area contributed by atoms with Crippen molar-refractivity contribution in [1.82, 2.24) is 4.57 Å². The van der Waals surface area contributed by atoms with E-state index in [1.165, 1.54) is 27.6 Å². The largest absolute Gasteiger partial charge is 0.347 e. The van der Waals surface area contributed by atoms with Gasteiger partial charge in [-0.15, -0.1) is 0 Å². The fourth-order valence-corrected chi connectivity index (χ4v) is 2.84. The van der Waals surface area contributed by atoms with Gasteiger partial charge in [-0.25, -0.2) is 0 Å². The van der Waals surface area contributed by atoms with Gasteiger partial charge >= 0.3 is 0 Å². The summed E-state index contributed by atoms with van der Waals surface area (Å²) in [6.45, 7) is 6.85. The van der Waals surface area contributed by atoms with E-state index in [1.807, 2.05) is 0 Å². The molecule has 2 rings (SSSR count). The van der Waals surface area contributed by atoms with Crippen molar-refractivity contribution in [3.8, 4) is 0 Å². The average molecular weight is 259 g/mol. The molecule has 2 aromatic rings. The number of aryl methyl sites for hydroxylation is 4. The maximum Gasteiger partial charge on any atom is 0.0488 e. The first-order valence-corrected chi connectivity index (χ1v) is 7.16. The number of aromatic nitrogens is 1. The molecule has 0 amide bonds. The van der Waals surface area contributed by atoms with Crippen LogP contribution in [0.4, 0.5) is 0 Å². The molecule has 0 fully saturated rings. The van der Waals surface area contributed by atoms with Crippen molar-refractivity contribution < 1.29 is 0 Å². The van der Waals surface area contributed by atoms with Gasteiger partial charge in [-0.2, -0.15) is 0 Å². The van der Waals surface area contributed by atoms with Crippen LogP contribution in [-0.2, 0) is 13.0 Å². The molecular weight excluding hydrogens is 234 g/mol. The first-order chi connectivity index (χ1) is 9.17. The molecule has 4 N–H and O–H groups in total. The molecule has 0 atom stereocenters. The van der Waals surface area contributed by atoms with E-state index in [4.69, 9.17) is 11.5 Å². The third-order valence-electron chi connectivity index (χ3n) is 3.65. The fraction of sp³-hybridized carbons (Fsp3) is 0.500. The maximum atomic E-state index is 5.65. The summed E-state index contributed by atoms with van der Waals surface area (Å²) in [4.78, 5) is 0. The van der Waals surface area contributed by atoms with Gasteiger partial charge in [0, 0.05) is 23.6 Å². The highest BCUT2D eigenvalue weighted by atomic mass is 15.0. The minimum Gasteiger partial charge on any atom is -0.347 e. The number of hydrogen-bond acceptors (Lipinski definition) is 2. The fourth-order valence-electron chi connectivity index (χ4n) is 2.84. The number of nitrogens with two attached hydrogens (primary N) is 2. The van der Waals surface area contributed by atoms with Gasteiger partial charge in [-0.05, 0) is 69.0 Å². The lowest BCUT2D eigenvalue weighted by Crippen LogP contribution is -2.05. The van der Waals surface area contributed by atoms with Crippen LogP contribution in [0, 0.1) is 13.8 Å². The second kappa shape index (κ2) is 6.22. The molecule has 0 aliphatic rings. The summed E-state index contributed by atoms with van der Waals surface area (Å²) in [5.41, 5.74) is 16.7. The van der Waals surface area contributed by atoms with Crippen LogP contribution < -0.4 is 11.5 Å². The first kappa shape index (κ1) is 14.1. The molecule has 19 heavy (non-hydrogen) atoms. The standard InChI is InChI=1S/C16H25N3/c1-12-9-13(2)16-14(5-3-6-17)11-19(8-4-7-18)15(16)10-12/h9-11H,3-8,17-18H2,1-2H3. The van der Waals surface area contributed by atoms with Crippen LogP contribution >= 0.6 is 0 Å². The Kier molecular flexibility index (Phi) is 4.61. The Balaban J connectivity index is 2.49. The quantitative estimate of drug-likeness (QED) is 0.837. The Morgan fingerprint density at radius 3 is 2.47 bits per heavy atom. The van der Waals surface area contributed by atoms with Crippen molar-refractivity contribution in [3.05, 3.63) is 35.0 Å². The number of benzene rings is 1. The van der Waals surface area contributed by atoms with Crippen LogP contribution in [0.25, 0.3) is 10.9 Å². The van der Waals surface area contributed by atoms with Crippen LogP contribution in [0.2, 0.25) is 0 Å². The molecule has 0 saturated carbocycles. The zero-order valence-corrected chi connectivity index (χ0v) is 12.1. The lowest BCUT2D eigenvalue weighted by Gasteiger charge is -2.06. The molecule has 3 heteroatoms. The van der Waals surface area contributed by atoms with Gasteiger partial charge in [0.15, 0.2) is 0 Å². The predicted molar refractivity (Wildman–Crippen MR) is 82.5 cm³/mol. The molecule has 0 saturated heterocycles. The summed E-state index contributed by atoms with van der Waals surface area (Å²) < 4.78 is 2.36. The van der Waals surface area contributed by atoms with Gasteiger partial charge in [-0.3, -0.25) is 0 Å². The molecule has 0 unspecified atom stereocenters. The van der Waals surface area contributed by atoms with Crippen LogP contribution in [0.1, 0.15) is 29.5 Å². The number of fused-ring (bicyclic) bond motifs is 1. The summed E-state index contributed by atoms with van der Waals surface area (Å²) >= 11 is 0. The lowest BCUT2D eigenvalue weighted by atomic mass is 10.0. The van der Waals surface area contributed by atoms with Gasteiger partial charge in [0.1, 0.15) is 0 Å². The van der Waals surface area contributed by atoms with Crippen molar-refractivity contribution >= 4 is 10.9 Å². The molecule has 3 nitrogen and oxygen atoms in total. The van der Waals surface area contributed by atoms with Gasteiger partial charge in [0.05, 0.1) is 0 Å². The molecule has 104 valence electrons. The van der Waals surface area contributed by atoms with Crippen LogP contribution in [0.5, 0.6) is 0 Å². The topological polar surface area (TPSA) is 57.0 Å².